The molecule has 0 amide bonds. The summed E-state index contributed by atoms with van der Waals surface area (Å²) < 4.78 is 36.8. The minimum absolute atomic E-state index is 0.138. The third-order valence-corrected chi connectivity index (χ3v) is 5.54. The van der Waals surface area contributed by atoms with E-state index in [4.69, 9.17) is 9.47 Å². The Bertz CT molecular complexity index is 790. The number of carbonyl (C=O) groups excluding carboxylic acids is 1. The molecular weight excluding hydrogens is 364 g/mol. The minimum atomic E-state index is -4.40. The molecule has 0 aliphatic heterocycles. The van der Waals surface area contributed by atoms with Gasteiger partial charge in [0.05, 0.1) is 25.2 Å². The van der Waals surface area contributed by atoms with Crippen LogP contribution in [0.4, 0.5) is 5.69 Å². The highest BCUT2D eigenvalue weighted by Crippen LogP contribution is 2.32. The van der Waals surface area contributed by atoms with Crippen molar-refractivity contribution in [3.8, 4) is 5.75 Å². The molecule has 0 aliphatic rings. The highest BCUT2D eigenvalue weighted by molar-refractivity contribution is 7.89. The summed E-state index contributed by atoms with van der Waals surface area (Å²) in [5, 5.41) is 11.4. The van der Waals surface area contributed by atoms with E-state index in [9.17, 15) is 23.3 Å². The summed E-state index contributed by atoms with van der Waals surface area (Å²) in [6, 6.07) is 2.23. The van der Waals surface area contributed by atoms with Gasteiger partial charge in [-0.1, -0.05) is 19.9 Å². The van der Waals surface area contributed by atoms with Crippen LogP contribution >= 0.6 is 0 Å². The van der Waals surface area contributed by atoms with Gasteiger partial charge in [-0.05, 0) is 18.1 Å². The van der Waals surface area contributed by atoms with E-state index >= 15 is 0 Å². The van der Waals surface area contributed by atoms with Crippen LogP contribution < -0.4 is 4.74 Å². The van der Waals surface area contributed by atoms with Crippen LogP contribution in [0, 0.1) is 16.0 Å². The van der Waals surface area contributed by atoms with Crippen LogP contribution in [0.1, 0.15) is 13.8 Å². The lowest BCUT2D eigenvalue weighted by Gasteiger charge is -2.30. The Balaban J connectivity index is 3.63. The van der Waals surface area contributed by atoms with Crippen molar-refractivity contribution in [1.29, 1.82) is 0 Å². The van der Waals surface area contributed by atoms with Gasteiger partial charge in [0, 0.05) is 6.54 Å². The number of esters is 1. The zero-order valence-corrected chi connectivity index (χ0v) is 15.9. The van der Waals surface area contributed by atoms with E-state index in [-0.39, 0.29) is 12.3 Å². The largest absolute Gasteiger partial charge is 0.497 e. The molecular formula is C16H22N2O7S. The van der Waals surface area contributed by atoms with E-state index in [0.717, 1.165) is 23.5 Å². The summed E-state index contributed by atoms with van der Waals surface area (Å²) in [6.07, 6.45) is 1.30. The number of ether oxygens (including phenoxy) is 2. The van der Waals surface area contributed by atoms with E-state index in [0.29, 0.717) is 0 Å². The molecule has 0 spiro atoms. The predicted molar refractivity (Wildman–Crippen MR) is 94.4 cm³/mol. The summed E-state index contributed by atoms with van der Waals surface area (Å²) in [4.78, 5) is 22.2. The Morgan fingerprint density at radius 1 is 1.38 bits per heavy atom. The Hall–Kier alpha value is -2.46. The van der Waals surface area contributed by atoms with Gasteiger partial charge in [-0.25, -0.2) is 8.42 Å². The number of rotatable bonds is 9. The fourth-order valence-corrected chi connectivity index (χ4v) is 4.26. The smallest absolute Gasteiger partial charge is 0.324 e. The molecule has 0 bridgehead atoms. The second-order valence-corrected chi connectivity index (χ2v) is 7.53. The summed E-state index contributed by atoms with van der Waals surface area (Å²) in [5.74, 6) is -1.06. The molecule has 1 atom stereocenters. The maximum absolute atomic E-state index is 13.1. The lowest BCUT2D eigenvalue weighted by molar-refractivity contribution is -0.387. The van der Waals surface area contributed by atoms with E-state index in [1.54, 1.807) is 13.8 Å². The highest BCUT2D eigenvalue weighted by Gasteiger charge is 2.40. The molecule has 0 N–H and O–H groups in total. The molecule has 0 saturated carbocycles. The van der Waals surface area contributed by atoms with Gasteiger partial charge in [-0.2, -0.15) is 4.31 Å². The van der Waals surface area contributed by atoms with Crippen LogP contribution in [0.15, 0.2) is 35.7 Å². The molecule has 0 saturated heterocycles. The van der Waals surface area contributed by atoms with Crippen LogP contribution in [0.3, 0.4) is 0 Å². The number of hydrogen-bond donors (Lipinski definition) is 0. The molecule has 0 radical (unpaired) electrons. The van der Waals surface area contributed by atoms with Crippen LogP contribution in [-0.4, -0.2) is 50.4 Å². The summed E-state index contributed by atoms with van der Waals surface area (Å²) in [6.45, 7) is 6.59. The molecule has 144 valence electrons. The van der Waals surface area contributed by atoms with Crippen molar-refractivity contribution < 1.29 is 27.6 Å². The minimum Gasteiger partial charge on any atom is -0.497 e. The quantitative estimate of drug-likeness (QED) is 0.276. The number of methoxy groups -OCH3 is 2. The summed E-state index contributed by atoms with van der Waals surface area (Å²) in [7, 11) is -1.95. The highest BCUT2D eigenvalue weighted by atomic mass is 32.2. The van der Waals surface area contributed by atoms with Gasteiger partial charge in [-0.15, -0.1) is 6.58 Å². The second kappa shape index (κ2) is 8.77. The van der Waals surface area contributed by atoms with Crippen molar-refractivity contribution in [2.45, 2.75) is 24.8 Å². The molecule has 9 nitrogen and oxygen atoms in total. The predicted octanol–water partition coefficient (Wildman–Crippen LogP) is 1.98. The third kappa shape index (κ3) is 4.38. The third-order valence-electron chi connectivity index (χ3n) is 3.64. The lowest BCUT2D eigenvalue weighted by Crippen LogP contribution is -2.48. The molecule has 1 aromatic rings. The standard InChI is InChI=1S/C16H22N2O7S/c1-6-9-17(15(11(2)3)16(19)25-5)26(22,23)14-8-7-12(24-4)10-13(14)18(20)21/h6-8,10-11,15H,1,9H2,2-5H3/t15-/m1/s1. The topological polar surface area (TPSA) is 116 Å². The molecule has 1 rings (SSSR count). The zero-order chi connectivity index (χ0) is 20.1. The Labute approximate surface area is 152 Å². The normalized spacial score (nSPS) is 12.7. The van der Waals surface area contributed by atoms with Crippen LogP contribution in [-0.2, 0) is 19.6 Å². The fourth-order valence-electron chi connectivity index (χ4n) is 2.44. The van der Waals surface area contributed by atoms with Crippen molar-refractivity contribution in [3.63, 3.8) is 0 Å². The molecule has 10 heteroatoms. The van der Waals surface area contributed by atoms with E-state index in [1.165, 1.54) is 19.3 Å². The van der Waals surface area contributed by atoms with Crippen molar-refractivity contribution in [2.75, 3.05) is 20.8 Å². The zero-order valence-electron chi connectivity index (χ0n) is 15.0. The molecule has 0 aromatic heterocycles. The van der Waals surface area contributed by atoms with Crippen molar-refractivity contribution in [3.05, 3.63) is 41.0 Å². The number of hydrogen-bond acceptors (Lipinski definition) is 7. The number of nitrogens with zero attached hydrogens (tertiary/aromatic N) is 2. The van der Waals surface area contributed by atoms with Gasteiger partial charge < -0.3 is 9.47 Å². The van der Waals surface area contributed by atoms with E-state index < -0.39 is 43.5 Å². The number of carbonyl (C=O) groups is 1. The monoisotopic (exact) mass is 386 g/mol. The van der Waals surface area contributed by atoms with Gasteiger partial charge in [0.25, 0.3) is 15.7 Å². The van der Waals surface area contributed by atoms with Crippen LogP contribution in [0.2, 0.25) is 0 Å². The summed E-state index contributed by atoms with van der Waals surface area (Å²) >= 11 is 0. The first-order chi connectivity index (χ1) is 12.1. The van der Waals surface area contributed by atoms with Gasteiger partial charge in [0.15, 0.2) is 4.90 Å². The molecule has 0 unspecified atom stereocenters. The maximum atomic E-state index is 13.1. The maximum Gasteiger partial charge on any atom is 0.324 e. The van der Waals surface area contributed by atoms with Crippen molar-refractivity contribution >= 4 is 21.7 Å². The molecule has 0 heterocycles. The molecule has 0 fully saturated rings. The van der Waals surface area contributed by atoms with Gasteiger partial charge >= 0.3 is 5.97 Å². The summed E-state index contributed by atoms with van der Waals surface area (Å²) in [5.41, 5.74) is -0.647. The van der Waals surface area contributed by atoms with Gasteiger partial charge in [-0.3, -0.25) is 14.9 Å². The first-order valence-electron chi connectivity index (χ1n) is 7.64. The Morgan fingerprint density at radius 3 is 2.42 bits per heavy atom. The van der Waals surface area contributed by atoms with E-state index in [2.05, 4.69) is 6.58 Å². The second-order valence-electron chi connectivity index (χ2n) is 5.67. The Kier molecular flexibility index (Phi) is 7.28. The molecule has 26 heavy (non-hydrogen) atoms. The number of sulfonamides is 1. The lowest BCUT2D eigenvalue weighted by atomic mass is 10.0. The van der Waals surface area contributed by atoms with Crippen LogP contribution in [0.5, 0.6) is 5.75 Å². The van der Waals surface area contributed by atoms with Crippen LogP contribution in [0.25, 0.3) is 0 Å². The van der Waals surface area contributed by atoms with Gasteiger partial charge in [0.1, 0.15) is 11.8 Å². The Morgan fingerprint density at radius 2 is 2.00 bits per heavy atom. The SMILES string of the molecule is C=CCN([C@@H](C(=O)OC)C(C)C)S(=O)(=O)c1ccc(OC)cc1[N+](=O)[O-]. The average Bonchev–Trinajstić information content (AvgIpc) is 2.59. The molecule has 0 aliphatic carbocycles. The first-order valence-corrected chi connectivity index (χ1v) is 9.08. The number of benzene rings is 1. The number of nitro groups is 1. The first kappa shape index (κ1) is 21.6. The average molecular weight is 386 g/mol. The van der Waals surface area contributed by atoms with E-state index in [1.807, 2.05) is 0 Å². The molecule has 1 aromatic carbocycles. The van der Waals surface area contributed by atoms with Crippen molar-refractivity contribution in [2.24, 2.45) is 5.92 Å². The number of nitro benzene ring substituents is 1. The van der Waals surface area contributed by atoms with Crippen molar-refractivity contribution in [1.82, 2.24) is 4.31 Å². The van der Waals surface area contributed by atoms with Gasteiger partial charge in [0.2, 0.25) is 0 Å². The fraction of sp³-hybridized carbons (Fsp3) is 0.438.